The molecular formula is C46H65Cl2N4O10-. The third-order valence-electron chi connectivity index (χ3n) is 12.0. The normalized spacial score (nSPS) is 22.7. The number of ether oxygens (including phenoxy) is 5. The molecule has 344 valence electrons. The van der Waals surface area contributed by atoms with E-state index in [0.29, 0.717) is 59.7 Å². The van der Waals surface area contributed by atoms with E-state index in [1.54, 1.807) is 56.6 Å². The number of methoxy groups -OCH3 is 4. The minimum Gasteiger partial charge on any atom is -1.00 e. The van der Waals surface area contributed by atoms with E-state index in [2.05, 4.69) is 22.8 Å². The van der Waals surface area contributed by atoms with Crippen molar-refractivity contribution in [1.29, 1.82) is 0 Å². The number of aliphatic hydroxyl groups is 1. The Labute approximate surface area is 378 Å². The Morgan fingerprint density at radius 3 is 1.47 bits per heavy atom. The summed E-state index contributed by atoms with van der Waals surface area (Å²) in [6, 6.07) is 7.93. The lowest BCUT2D eigenvalue weighted by molar-refractivity contribution is -0.117. The van der Waals surface area contributed by atoms with Gasteiger partial charge in [0.2, 0.25) is 0 Å². The van der Waals surface area contributed by atoms with E-state index in [1.165, 1.54) is 9.80 Å². The van der Waals surface area contributed by atoms with Crippen molar-refractivity contribution in [3.05, 3.63) is 69.2 Å². The van der Waals surface area contributed by atoms with Gasteiger partial charge in [-0.1, -0.05) is 26.0 Å². The van der Waals surface area contributed by atoms with Crippen LogP contribution in [0.15, 0.2) is 35.8 Å². The minimum atomic E-state index is -0.714. The molecule has 0 unspecified atom stereocenters. The Morgan fingerprint density at radius 2 is 1.10 bits per heavy atom. The molecule has 2 heterocycles. The molecule has 0 atom stereocenters. The maximum Gasteiger partial charge on any atom is 0.414 e. The second kappa shape index (κ2) is 22.2. The number of aryl methyl sites for hydroxylation is 4. The van der Waals surface area contributed by atoms with Gasteiger partial charge >= 0.3 is 11.5 Å². The summed E-state index contributed by atoms with van der Waals surface area (Å²) in [4.78, 5) is 51.2. The molecule has 2 aliphatic heterocycles. The molecule has 6 rings (SSSR count). The number of nitrogens with zero attached hydrogens (tertiary/aromatic N) is 2. The number of nitrogens with one attached hydrogen (secondary N) is 2. The van der Waals surface area contributed by atoms with Crippen LogP contribution in [0.2, 0.25) is 0 Å². The predicted octanol–water partition coefficient (Wildman–Crippen LogP) is 4.64. The van der Waals surface area contributed by atoms with Crippen LogP contribution in [-0.2, 0) is 36.6 Å². The highest BCUT2D eigenvalue weighted by Gasteiger charge is 2.51. The number of carbonyl (C=O) groups excluding carboxylic acids is 4. The third kappa shape index (κ3) is 11.2. The van der Waals surface area contributed by atoms with Crippen LogP contribution in [-0.4, -0.2) is 118 Å². The quantitative estimate of drug-likeness (QED) is 0.239. The number of hydrogen-bond donors (Lipinski definition) is 3. The second-order valence-corrected chi connectivity index (χ2v) is 16.8. The van der Waals surface area contributed by atoms with Crippen LogP contribution in [0, 0.1) is 13.8 Å². The number of rotatable bonds is 9. The Hall–Kier alpha value is -4.50. The molecule has 0 bridgehead atoms. The highest BCUT2D eigenvalue weighted by molar-refractivity contribution is 6.62. The van der Waals surface area contributed by atoms with E-state index in [1.807, 2.05) is 39.8 Å². The number of aliphatic hydroxyl groups excluding tert-OH is 1. The number of hydrogen-bond acceptors (Lipinski definition) is 10. The van der Waals surface area contributed by atoms with Gasteiger partial charge in [-0.2, -0.15) is 0 Å². The van der Waals surface area contributed by atoms with Crippen molar-refractivity contribution in [3.8, 4) is 11.5 Å². The molecule has 14 nitrogen and oxygen atoms in total. The number of amides is 4. The van der Waals surface area contributed by atoms with Crippen molar-refractivity contribution in [2.45, 2.75) is 115 Å². The van der Waals surface area contributed by atoms with Gasteiger partial charge in [-0.25, -0.2) is 4.79 Å². The molecule has 16 heteroatoms. The molecule has 0 saturated heterocycles. The Bertz CT molecular complexity index is 1970. The van der Waals surface area contributed by atoms with Crippen molar-refractivity contribution in [1.82, 2.24) is 20.4 Å². The zero-order valence-corrected chi connectivity index (χ0v) is 39.8. The summed E-state index contributed by atoms with van der Waals surface area (Å²) >= 11 is 4.90. The molecule has 2 fully saturated rings. The third-order valence-corrected chi connectivity index (χ3v) is 12.4. The summed E-state index contributed by atoms with van der Waals surface area (Å²) in [6.07, 6.45) is 7.16. The van der Waals surface area contributed by atoms with Gasteiger partial charge < -0.3 is 61.6 Å². The lowest BCUT2D eigenvalue weighted by Crippen LogP contribution is -3.00. The first-order chi connectivity index (χ1) is 28.9. The van der Waals surface area contributed by atoms with E-state index >= 15 is 0 Å². The topological polar surface area (TPSA) is 165 Å². The highest BCUT2D eigenvalue weighted by atomic mass is 35.5. The molecule has 62 heavy (non-hydrogen) atoms. The van der Waals surface area contributed by atoms with Crippen molar-refractivity contribution in [2.24, 2.45) is 0 Å². The van der Waals surface area contributed by atoms with Crippen molar-refractivity contribution in [2.75, 3.05) is 56.6 Å². The molecular weight excluding hydrogens is 839 g/mol. The monoisotopic (exact) mass is 903 g/mol. The van der Waals surface area contributed by atoms with Crippen LogP contribution in [0.1, 0.15) is 98.6 Å². The second-order valence-electron chi connectivity index (χ2n) is 16.5. The van der Waals surface area contributed by atoms with Gasteiger partial charge in [-0.15, -0.1) is 0 Å². The van der Waals surface area contributed by atoms with E-state index in [4.69, 9.17) is 35.3 Å². The zero-order chi connectivity index (χ0) is 45.4. The fourth-order valence-electron chi connectivity index (χ4n) is 8.60. The largest absolute Gasteiger partial charge is 1.00 e. The van der Waals surface area contributed by atoms with Gasteiger partial charge in [-0.05, 0) is 124 Å². The SMILES string of the molecule is CCc1cc(C)cc(OC)c1C1=C(O)C2(CCC(OC)CC2)NC1=O.CCc1cc(C)cc(OC)c1C1=C(OC(=O)N(C)C)C2(CCC(OC)CC2)NC1=O.CN(C)C(=O)Cl.[Cl-]. The molecule has 3 N–H and O–H groups in total. The first-order valence-corrected chi connectivity index (χ1v) is 21.2. The van der Waals surface area contributed by atoms with Crippen molar-refractivity contribution < 1.29 is 60.4 Å². The zero-order valence-electron chi connectivity index (χ0n) is 38.3. The summed E-state index contributed by atoms with van der Waals surface area (Å²) < 4.78 is 28.0. The van der Waals surface area contributed by atoms with Crippen LogP contribution >= 0.6 is 11.6 Å². The average Bonchev–Trinajstić information content (AvgIpc) is 3.63. The molecule has 4 amide bonds. The smallest absolute Gasteiger partial charge is 0.414 e. The molecule has 2 aromatic rings. The fraction of sp³-hybridized carbons (Fsp3) is 0.565. The lowest BCUT2D eigenvalue weighted by Gasteiger charge is -2.38. The van der Waals surface area contributed by atoms with Crippen LogP contribution in [0.5, 0.6) is 11.5 Å². The lowest BCUT2D eigenvalue weighted by atomic mass is 9.79. The summed E-state index contributed by atoms with van der Waals surface area (Å²) in [7, 11) is 13.1. The van der Waals surface area contributed by atoms with E-state index in [0.717, 1.165) is 66.3 Å². The summed E-state index contributed by atoms with van der Waals surface area (Å²) in [5.74, 6) is 1.35. The van der Waals surface area contributed by atoms with Crippen LogP contribution in [0.3, 0.4) is 0 Å². The van der Waals surface area contributed by atoms with Crippen LogP contribution < -0.4 is 32.5 Å². The Morgan fingerprint density at radius 1 is 0.710 bits per heavy atom. The first-order valence-electron chi connectivity index (χ1n) is 20.9. The maximum absolute atomic E-state index is 13.3. The molecule has 0 aromatic heterocycles. The summed E-state index contributed by atoms with van der Waals surface area (Å²) in [5, 5.41) is 16.8. The highest BCUT2D eigenvalue weighted by Crippen LogP contribution is 2.47. The Balaban J connectivity index is 0.000000291. The van der Waals surface area contributed by atoms with Gasteiger partial charge in [-0.3, -0.25) is 14.4 Å². The average molecular weight is 905 g/mol. The molecule has 0 radical (unpaired) electrons. The molecule has 2 saturated carbocycles. The summed E-state index contributed by atoms with van der Waals surface area (Å²) in [5.41, 5.74) is 4.93. The standard InChI is InChI=1S/C23H32N2O5.C20H27NO4.C3H6ClNO.ClH/c1-7-15-12-14(2)13-17(29-6)18(15)19-20(30-22(27)25(3)4)23(24-21(19)26)10-8-16(28-5)9-11-23;1-5-13-10-12(2)11-15(25-4)16(13)17-18(22)20(21-19(17)23)8-6-14(24-3)7-9-20;1-5(2)3(4)6;/h12-13,16H,7-11H2,1-6H3,(H,24,26);10-11,14,22H,5-9H2,1-4H3,(H,21,23);1-2H3;1H/p-1. The van der Waals surface area contributed by atoms with E-state index < -0.39 is 22.5 Å². The first kappa shape index (κ1) is 51.8. The number of halogens is 2. The number of carbonyl (C=O) groups is 4. The maximum atomic E-state index is 13.3. The molecule has 2 spiro atoms. The van der Waals surface area contributed by atoms with Crippen molar-refractivity contribution in [3.63, 3.8) is 0 Å². The van der Waals surface area contributed by atoms with Crippen LogP contribution in [0.25, 0.3) is 11.1 Å². The molecule has 4 aliphatic rings. The minimum absolute atomic E-state index is 0. The predicted molar refractivity (Wildman–Crippen MR) is 236 cm³/mol. The molecule has 2 aromatic carbocycles. The Kier molecular flexibility index (Phi) is 18.6. The van der Waals surface area contributed by atoms with Gasteiger partial charge in [0.15, 0.2) is 0 Å². The van der Waals surface area contributed by atoms with Crippen molar-refractivity contribution >= 4 is 46.0 Å². The van der Waals surface area contributed by atoms with E-state index in [9.17, 15) is 24.3 Å². The number of benzene rings is 2. The van der Waals surface area contributed by atoms with Gasteiger partial charge in [0.1, 0.15) is 23.0 Å². The van der Waals surface area contributed by atoms with Crippen LogP contribution in [0.4, 0.5) is 9.59 Å². The summed E-state index contributed by atoms with van der Waals surface area (Å²) in [6.45, 7) is 8.08. The molecule has 2 aliphatic carbocycles. The fourth-order valence-corrected chi connectivity index (χ4v) is 8.60. The van der Waals surface area contributed by atoms with Gasteiger partial charge in [0.05, 0.1) is 48.7 Å². The van der Waals surface area contributed by atoms with Gasteiger partial charge in [0.25, 0.3) is 11.8 Å². The van der Waals surface area contributed by atoms with E-state index in [-0.39, 0.29) is 42.2 Å². The van der Waals surface area contributed by atoms with Gasteiger partial charge in [0, 0.05) is 53.5 Å².